The van der Waals surface area contributed by atoms with Gasteiger partial charge in [0.05, 0.1) is 5.69 Å². The summed E-state index contributed by atoms with van der Waals surface area (Å²) in [6.45, 7) is 3.88. The largest absolute Gasteiger partial charge is 0.465 e. The van der Waals surface area contributed by atoms with Crippen molar-refractivity contribution in [3.05, 3.63) is 35.3 Å². The molecule has 7 heteroatoms. The molecule has 0 atom stereocenters. The summed E-state index contributed by atoms with van der Waals surface area (Å²) in [7, 11) is 0. The molecule has 3 heterocycles. The fourth-order valence-electron chi connectivity index (χ4n) is 1.95. The first-order valence-electron chi connectivity index (χ1n) is 5.60. The van der Waals surface area contributed by atoms with Crippen LogP contribution in [-0.2, 0) is 9.53 Å². The molecule has 3 rings (SSSR count). The summed E-state index contributed by atoms with van der Waals surface area (Å²) < 4.78 is 7.23. The van der Waals surface area contributed by atoms with Crippen molar-refractivity contribution in [1.29, 1.82) is 0 Å². The predicted octanol–water partition coefficient (Wildman–Crippen LogP) is 1.18. The van der Waals surface area contributed by atoms with Crippen LogP contribution in [0.2, 0.25) is 0 Å². The molecule has 0 saturated carbocycles. The van der Waals surface area contributed by atoms with E-state index in [0.29, 0.717) is 5.90 Å². The molecule has 19 heavy (non-hydrogen) atoms. The molecule has 0 radical (unpaired) electrons. The Balaban J connectivity index is 0.00000133. The Bertz CT molecular complexity index is 678. The SMILES string of the molecule is Cc1ccn2c(C3=NNC(=O)CO3)c(C)nc2c1.Cl. The summed E-state index contributed by atoms with van der Waals surface area (Å²) in [5.74, 6) is 0.143. The van der Waals surface area contributed by atoms with Crippen molar-refractivity contribution < 1.29 is 9.53 Å². The van der Waals surface area contributed by atoms with Gasteiger partial charge in [-0.15, -0.1) is 17.5 Å². The molecular weight excluding hydrogens is 268 g/mol. The molecular formula is C12H13ClN4O2. The Hall–Kier alpha value is -2.08. The number of hydrogen-bond donors (Lipinski definition) is 1. The van der Waals surface area contributed by atoms with E-state index in [1.807, 2.05) is 36.6 Å². The van der Waals surface area contributed by atoms with Crippen molar-refractivity contribution >= 4 is 29.9 Å². The Morgan fingerprint density at radius 2 is 2.21 bits per heavy atom. The summed E-state index contributed by atoms with van der Waals surface area (Å²) in [4.78, 5) is 15.5. The maximum absolute atomic E-state index is 11.0. The lowest BCUT2D eigenvalue weighted by Crippen LogP contribution is -2.32. The third-order valence-electron chi connectivity index (χ3n) is 2.78. The van der Waals surface area contributed by atoms with E-state index in [2.05, 4.69) is 15.5 Å². The van der Waals surface area contributed by atoms with Crippen molar-refractivity contribution in [3.63, 3.8) is 0 Å². The highest BCUT2D eigenvalue weighted by Crippen LogP contribution is 2.15. The highest BCUT2D eigenvalue weighted by Gasteiger charge is 2.20. The minimum atomic E-state index is -0.249. The van der Waals surface area contributed by atoms with Crippen molar-refractivity contribution in [2.45, 2.75) is 13.8 Å². The van der Waals surface area contributed by atoms with Crippen molar-refractivity contribution in [1.82, 2.24) is 14.8 Å². The van der Waals surface area contributed by atoms with E-state index in [1.54, 1.807) is 0 Å². The topological polar surface area (TPSA) is 68.0 Å². The predicted molar refractivity (Wildman–Crippen MR) is 72.5 cm³/mol. The average molecular weight is 281 g/mol. The Labute approximate surface area is 115 Å². The van der Waals surface area contributed by atoms with Crippen LogP contribution >= 0.6 is 12.4 Å². The van der Waals surface area contributed by atoms with Gasteiger partial charge >= 0.3 is 0 Å². The summed E-state index contributed by atoms with van der Waals surface area (Å²) in [5.41, 5.74) is 5.97. The molecule has 0 saturated heterocycles. The Morgan fingerprint density at radius 3 is 2.89 bits per heavy atom. The van der Waals surface area contributed by atoms with Gasteiger partial charge in [0, 0.05) is 6.20 Å². The highest BCUT2D eigenvalue weighted by atomic mass is 35.5. The van der Waals surface area contributed by atoms with Gasteiger partial charge in [0.1, 0.15) is 11.3 Å². The van der Waals surface area contributed by atoms with E-state index in [4.69, 9.17) is 4.74 Å². The molecule has 1 aliphatic rings. The number of nitrogens with one attached hydrogen (secondary N) is 1. The standard InChI is InChI=1S/C12H12N4O2.ClH/c1-7-3-4-16-9(5-7)13-8(2)11(16)12-15-14-10(17)6-18-12;/h3-5H,6H2,1-2H3,(H,14,17);1H. The minimum absolute atomic E-state index is 0. The van der Waals surface area contributed by atoms with E-state index in [1.165, 1.54) is 0 Å². The fraction of sp³-hybridized carbons (Fsp3) is 0.250. The van der Waals surface area contributed by atoms with Crippen molar-refractivity contribution in [2.75, 3.05) is 6.61 Å². The van der Waals surface area contributed by atoms with Gasteiger partial charge in [-0.1, -0.05) is 0 Å². The van der Waals surface area contributed by atoms with Crippen molar-refractivity contribution in [3.8, 4) is 0 Å². The van der Waals surface area contributed by atoms with Crippen LogP contribution in [0.1, 0.15) is 17.0 Å². The zero-order valence-corrected chi connectivity index (χ0v) is 11.3. The van der Waals surface area contributed by atoms with Crippen LogP contribution in [-0.4, -0.2) is 27.8 Å². The number of amides is 1. The van der Waals surface area contributed by atoms with Crippen LogP contribution in [0, 0.1) is 13.8 Å². The van der Waals surface area contributed by atoms with Gasteiger partial charge in [-0.25, -0.2) is 10.4 Å². The smallest absolute Gasteiger partial charge is 0.278 e. The van der Waals surface area contributed by atoms with Gasteiger partial charge in [0.15, 0.2) is 6.61 Å². The molecule has 0 aromatic carbocycles. The number of pyridine rings is 1. The van der Waals surface area contributed by atoms with Crippen LogP contribution in [0.15, 0.2) is 23.4 Å². The molecule has 2 aromatic heterocycles. The van der Waals surface area contributed by atoms with Crippen LogP contribution in [0.4, 0.5) is 0 Å². The number of aryl methyl sites for hydroxylation is 2. The number of nitrogens with zero attached hydrogens (tertiary/aromatic N) is 3. The molecule has 2 aromatic rings. The average Bonchev–Trinajstić information content (AvgIpc) is 2.65. The second-order valence-corrected chi connectivity index (χ2v) is 4.22. The number of carbonyl (C=O) groups is 1. The molecule has 0 aliphatic carbocycles. The number of rotatable bonds is 1. The van der Waals surface area contributed by atoms with Gasteiger partial charge in [-0.2, -0.15) is 0 Å². The number of aromatic nitrogens is 2. The summed E-state index contributed by atoms with van der Waals surface area (Å²) in [6, 6.07) is 3.97. The Morgan fingerprint density at radius 1 is 1.42 bits per heavy atom. The Kier molecular flexibility index (Phi) is 3.44. The highest BCUT2D eigenvalue weighted by molar-refractivity contribution is 5.98. The van der Waals surface area contributed by atoms with E-state index >= 15 is 0 Å². The van der Waals surface area contributed by atoms with Gasteiger partial charge in [0.2, 0.25) is 0 Å². The monoisotopic (exact) mass is 280 g/mol. The third-order valence-corrected chi connectivity index (χ3v) is 2.78. The van der Waals surface area contributed by atoms with E-state index in [-0.39, 0.29) is 24.9 Å². The maximum Gasteiger partial charge on any atom is 0.278 e. The van der Waals surface area contributed by atoms with Gasteiger partial charge in [-0.3, -0.25) is 9.20 Å². The second kappa shape index (κ2) is 4.89. The van der Waals surface area contributed by atoms with E-state index < -0.39 is 0 Å². The maximum atomic E-state index is 11.0. The second-order valence-electron chi connectivity index (χ2n) is 4.22. The van der Waals surface area contributed by atoms with E-state index in [0.717, 1.165) is 22.6 Å². The molecule has 1 N–H and O–H groups in total. The number of ether oxygens (including phenoxy) is 1. The molecule has 0 bridgehead atoms. The van der Waals surface area contributed by atoms with Crippen LogP contribution in [0.25, 0.3) is 5.65 Å². The summed E-state index contributed by atoms with van der Waals surface area (Å²) >= 11 is 0. The normalized spacial score (nSPS) is 14.4. The third kappa shape index (κ3) is 2.26. The van der Waals surface area contributed by atoms with Gasteiger partial charge in [0.25, 0.3) is 11.8 Å². The number of carbonyl (C=O) groups excluding carboxylic acids is 1. The number of hydrogen-bond acceptors (Lipinski definition) is 4. The van der Waals surface area contributed by atoms with E-state index in [9.17, 15) is 4.79 Å². The lowest BCUT2D eigenvalue weighted by Gasteiger charge is -2.13. The molecule has 1 aliphatic heterocycles. The quantitative estimate of drug-likeness (QED) is 0.853. The number of halogens is 1. The lowest BCUT2D eigenvalue weighted by atomic mass is 10.3. The number of fused-ring (bicyclic) bond motifs is 1. The van der Waals surface area contributed by atoms with Gasteiger partial charge in [-0.05, 0) is 31.5 Å². The number of hydrazone groups is 1. The zero-order chi connectivity index (χ0) is 12.7. The summed E-state index contributed by atoms with van der Waals surface area (Å²) in [5, 5.41) is 3.92. The number of imidazole rings is 1. The molecule has 0 fully saturated rings. The van der Waals surface area contributed by atoms with Crippen LogP contribution in [0.5, 0.6) is 0 Å². The fourth-order valence-corrected chi connectivity index (χ4v) is 1.95. The zero-order valence-electron chi connectivity index (χ0n) is 10.5. The molecule has 0 spiro atoms. The lowest BCUT2D eigenvalue weighted by molar-refractivity contribution is -0.124. The molecule has 100 valence electrons. The first-order valence-corrected chi connectivity index (χ1v) is 5.60. The first kappa shape index (κ1) is 13.4. The minimum Gasteiger partial charge on any atom is -0.465 e. The van der Waals surface area contributed by atoms with Crippen molar-refractivity contribution in [2.24, 2.45) is 5.10 Å². The molecule has 1 amide bonds. The van der Waals surface area contributed by atoms with Gasteiger partial charge < -0.3 is 4.74 Å². The van der Waals surface area contributed by atoms with Crippen LogP contribution < -0.4 is 5.43 Å². The summed E-state index contributed by atoms with van der Waals surface area (Å²) in [6.07, 6.45) is 1.92. The molecule has 6 nitrogen and oxygen atoms in total. The molecule has 0 unspecified atom stereocenters. The van der Waals surface area contributed by atoms with Crippen LogP contribution in [0.3, 0.4) is 0 Å². The first-order chi connectivity index (χ1) is 8.65.